The third-order valence-corrected chi connectivity index (χ3v) is 4.69. The molecule has 1 N–H and O–H groups in total. The first kappa shape index (κ1) is 19.8. The fourth-order valence-electron chi connectivity index (χ4n) is 3.04. The van der Waals surface area contributed by atoms with Crippen LogP contribution < -0.4 is 10.1 Å². The zero-order valence-corrected chi connectivity index (χ0v) is 15.2. The number of carbonyl (C=O) groups is 1. The van der Waals surface area contributed by atoms with Crippen LogP contribution in [0.4, 0.5) is 0 Å². The number of halogens is 1. The van der Waals surface area contributed by atoms with Crippen LogP contribution in [0.2, 0.25) is 0 Å². The number of hydrogen-bond acceptors (Lipinski definition) is 3. The summed E-state index contributed by atoms with van der Waals surface area (Å²) in [5.74, 6) is 1.81. The molecular weight excluding hydrogens is 312 g/mol. The van der Waals surface area contributed by atoms with E-state index in [-0.39, 0.29) is 24.4 Å². The summed E-state index contributed by atoms with van der Waals surface area (Å²) >= 11 is 0. The van der Waals surface area contributed by atoms with E-state index >= 15 is 0 Å². The first-order valence-corrected chi connectivity index (χ1v) is 8.20. The lowest BCUT2D eigenvalue weighted by Gasteiger charge is -2.26. The summed E-state index contributed by atoms with van der Waals surface area (Å²) in [6, 6.07) is 8.19. The Morgan fingerprint density at radius 2 is 2.17 bits per heavy atom. The van der Waals surface area contributed by atoms with Crippen molar-refractivity contribution in [2.45, 2.75) is 38.6 Å². The van der Waals surface area contributed by atoms with Gasteiger partial charge in [-0.2, -0.15) is 0 Å². The molecule has 23 heavy (non-hydrogen) atoms. The molecule has 0 aliphatic carbocycles. The van der Waals surface area contributed by atoms with E-state index in [1.165, 1.54) is 6.42 Å². The smallest absolute Gasteiger partial charge is 0.222 e. The molecule has 5 heteroatoms. The molecule has 0 bridgehead atoms. The van der Waals surface area contributed by atoms with Crippen LogP contribution in [0.5, 0.6) is 5.75 Å². The number of carbonyl (C=O) groups excluding carboxylic acids is 1. The Bertz CT molecular complexity index is 490. The number of rotatable bonds is 7. The second-order valence-corrected chi connectivity index (χ2v) is 6.27. The Labute approximate surface area is 146 Å². The number of amides is 1. The first-order valence-electron chi connectivity index (χ1n) is 8.20. The maximum absolute atomic E-state index is 12.4. The van der Waals surface area contributed by atoms with Gasteiger partial charge in [0.25, 0.3) is 0 Å². The standard InChI is InChI=1S/C18H28N2O2.ClH/c1-14(12-16-6-4-5-7-17(16)22-3)20(2)18(21)9-8-15-10-11-19-13-15;/h4-7,14-15,19H,8-13H2,1-3H3;1H. The van der Waals surface area contributed by atoms with E-state index in [0.717, 1.165) is 37.2 Å². The molecule has 1 aliphatic rings. The quantitative estimate of drug-likeness (QED) is 0.829. The highest BCUT2D eigenvalue weighted by atomic mass is 35.5. The topological polar surface area (TPSA) is 41.6 Å². The highest BCUT2D eigenvalue weighted by Crippen LogP contribution is 2.21. The summed E-state index contributed by atoms with van der Waals surface area (Å²) in [5.41, 5.74) is 1.15. The predicted molar refractivity (Wildman–Crippen MR) is 96.4 cm³/mol. The summed E-state index contributed by atoms with van der Waals surface area (Å²) < 4.78 is 5.39. The minimum Gasteiger partial charge on any atom is -0.496 e. The number of para-hydroxylation sites is 1. The predicted octanol–water partition coefficient (Wildman–Crippen LogP) is 2.90. The number of likely N-dealkylation sites (N-methyl/N-ethyl adjacent to an activating group) is 1. The highest BCUT2D eigenvalue weighted by Gasteiger charge is 2.20. The van der Waals surface area contributed by atoms with Crippen LogP contribution in [-0.2, 0) is 11.2 Å². The molecule has 0 saturated carbocycles. The van der Waals surface area contributed by atoms with Crippen molar-refractivity contribution in [2.24, 2.45) is 5.92 Å². The molecule has 1 amide bonds. The van der Waals surface area contributed by atoms with Crippen molar-refractivity contribution in [3.63, 3.8) is 0 Å². The molecule has 1 aromatic rings. The van der Waals surface area contributed by atoms with E-state index in [1.807, 2.05) is 30.1 Å². The van der Waals surface area contributed by atoms with Crippen molar-refractivity contribution in [3.8, 4) is 5.75 Å². The molecule has 0 radical (unpaired) electrons. The molecule has 2 unspecified atom stereocenters. The van der Waals surface area contributed by atoms with Crippen molar-refractivity contribution in [1.82, 2.24) is 10.2 Å². The van der Waals surface area contributed by atoms with E-state index < -0.39 is 0 Å². The van der Waals surface area contributed by atoms with Gasteiger partial charge in [0.05, 0.1) is 7.11 Å². The van der Waals surface area contributed by atoms with E-state index in [9.17, 15) is 4.79 Å². The highest BCUT2D eigenvalue weighted by molar-refractivity contribution is 5.85. The molecule has 1 fully saturated rings. The summed E-state index contributed by atoms with van der Waals surface area (Å²) in [7, 11) is 3.60. The molecular formula is C18H29ClN2O2. The van der Waals surface area contributed by atoms with Gasteiger partial charge in [-0.25, -0.2) is 0 Å². The fraction of sp³-hybridized carbons (Fsp3) is 0.611. The van der Waals surface area contributed by atoms with Crippen molar-refractivity contribution < 1.29 is 9.53 Å². The summed E-state index contributed by atoms with van der Waals surface area (Å²) in [6.07, 6.45) is 3.67. The zero-order valence-electron chi connectivity index (χ0n) is 14.4. The molecule has 130 valence electrons. The molecule has 2 rings (SSSR count). The first-order chi connectivity index (χ1) is 10.6. The Kier molecular flexibility index (Phi) is 8.42. The van der Waals surface area contributed by atoms with Gasteiger partial charge in [-0.1, -0.05) is 18.2 Å². The van der Waals surface area contributed by atoms with Gasteiger partial charge in [0.2, 0.25) is 5.91 Å². The van der Waals surface area contributed by atoms with Gasteiger partial charge in [-0.15, -0.1) is 12.4 Å². The number of ether oxygens (including phenoxy) is 1. The number of nitrogens with one attached hydrogen (secondary N) is 1. The lowest BCUT2D eigenvalue weighted by atomic mass is 10.0. The average molecular weight is 341 g/mol. The van der Waals surface area contributed by atoms with E-state index in [2.05, 4.69) is 18.3 Å². The van der Waals surface area contributed by atoms with Crippen molar-refractivity contribution in [1.29, 1.82) is 0 Å². The van der Waals surface area contributed by atoms with Gasteiger partial charge < -0.3 is 15.0 Å². The van der Waals surface area contributed by atoms with Gasteiger partial charge >= 0.3 is 0 Å². The van der Waals surface area contributed by atoms with Crippen molar-refractivity contribution >= 4 is 18.3 Å². The van der Waals surface area contributed by atoms with Crippen LogP contribution in [0.1, 0.15) is 31.7 Å². The van der Waals surface area contributed by atoms with E-state index in [0.29, 0.717) is 12.3 Å². The van der Waals surface area contributed by atoms with Crippen LogP contribution in [-0.4, -0.2) is 44.1 Å². The zero-order chi connectivity index (χ0) is 15.9. The Morgan fingerprint density at radius 3 is 2.83 bits per heavy atom. The van der Waals surface area contributed by atoms with Gasteiger partial charge in [-0.3, -0.25) is 4.79 Å². The Morgan fingerprint density at radius 1 is 1.43 bits per heavy atom. The monoisotopic (exact) mass is 340 g/mol. The van der Waals surface area contributed by atoms with Crippen LogP contribution in [0, 0.1) is 5.92 Å². The minimum atomic E-state index is 0. The largest absolute Gasteiger partial charge is 0.496 e. The molecule has 4 nitrogen and oxygen atoms in total. The van der Waals surface area contributed by atoms with Crippen LogP contribution in [0.3, 0.4) is 0 Å². The normalized spacial score (nSPS) is 18.1. The van der Waals surface area contributed by atoms with Gasteiger partial charge in [0, 0.05) is 19.5 Å². The third kappa shape index (κ3) is 5.70. The minimum absolute atomic E-state index is 0. The maximum atomic E-state index is 12.4. The molecule has 1 aromatic carbocycles. The van der Waals surface area contributed by atoms with Gasteiger partial charge in [0.15, 0.2) is 0 Å². The number of methoxy groups -OCH3 is 1. The lowest BCUT2D eigenvalue weighted by molar-refractivity contribution is -0.131. The van der Waals surface area contributed by atoms with E-state index in [4.69, 9.17) is 4.74 Å². The van der Waals surface area contributed by atoms with Gasteiger partial charge in [-0.05, 0) is 56.8 Å². The maximum Gasteiger partial charge on any atom is 0.222 e. The molecule has 1 heterocycles. The third-order valence-electron chi connectivity index (χ3n) is 4.69. The van der Waals surface area contributed by atoms with Crippen LogP contribution >= 0.6 is 12.4 Å². The van der Waals surface area contributed by atoms with Crippen molar-refractivity contribution in [3.05, 3.63) is 29.8 Å². The Hall–Kier alpha value is -1.26. The van der Waals surface area contributed by atoms with Crippen molar-refractivity contribution in [2.75, 3.05) is 27.2 Å². The van der Waals surface area contributed by atoms with E-state index in [1.54, 1.807) is 7.11 Å². The molecule has 2 atom stereocenters. The van der Waals surface area contributed by atoms with Crippen LogP contribution in [0.25, 0.3) is 0 Å². The molecule has 0 spiro atoms. The molecule has 1 saturated heterocycles. The fourth-order valence-corrected chi connectivity index (χ4v) is 3.04. The van der Waals surface area contributed by atoms with Crippen LogP contribution in [0.15, 0.2) is 24.3 Å². The second-order valence-electron chi connectivity index (χ2n) is 6.27. The average Bonchev–Trinajstić information content (AvgIpc) is 3.05. The number of hydrogen-bond donors (Lipinski definition) is 1. The molecule has 1 aliphatic heterocycles. The second kappa shape index (κ2) is 9.78. The SMILES string of the molecule is COc1ccccc1CC(C)N(C)C(=O)CCC1CCNC1.Cl. The summed E-state index contributed by atoms with van der Waals surface area (Å²) in [4.78, 5) is 14.2. The number of benzene rings is 1. The number of nitrogens with zero attached hydrogens (tertiary/aromatic N) is 1. The lowest BCUT2D eigenvalue weighted by Crippen LogP contribution is -2.36. The van der Waals surface area contributed by atoms with Gasteiger partial charge in [0.1, 0.15) is 5.75 Å². The molecule has 0 aromatic heterocycles. The summed E-state index contributed by atoms with van der Waals surface area (Å²) in [6.45, 7) is 4.26. The Balaban J connectivity index is 0.00000264. The summed E-state index contributed by atoms with van der Waals surface area (Å²) in [5, 5.41) is 3.35.